The van der Waals surface area contributed by atoms with Gasteiger partial charge in [-0.25, -0.2) is 4.99 Å². The molecule has 0 fully saturated rings. The Kier molecular flexibility index (Phi) is 4.61. The summed E-state index contributed by atoms with van der Waals surface area (Å²) in [5.41, 5.74) is 0.926. The van der Waals surface area contributed by atoms with Crippen LogP contribution in [0.1, 0.15) is 0 Å². The van der Waals surface area contributed by atoms with Crippen LogP contribution in [0.3, 0.4) is 0 Å². The number of fused-ring (bicyclic) bond motifs is 1. The standard InChI is InChI=1S/C15H15N3O3/c1-16-13(19)7-4-8-17-15(21)11-9-14(20)18-12-6-3-2-5-10(11)12/h2-7,9-10H,8H2,1H3,(H,16,19)(H,17,21)/b7-4+. The molecule has 0 aromatic carbocycles. The van der Waals surface area contributed by atoms with Crippen LogP contribution in [0.5, 0.6) is 0 Å². The predicted molar refractivity (Wildman–Crippen MR) is 78.5 cm³/mol. The fourth-order valence-corrected chi connectivity index (χ4v) is 1.99. The molecule has 0 radical (unpaired) electrons. The van der Waals surface area contributed by atoms with Crippen molar-refractivity contribution in [3.63, 3.8) is 0 Å². The maximum absolute atomic E-state index is 12.1. The summed E-state index contributed by atoms with van der Waals surface area (Å²) >= 11 is 0. The van der Waals surface area contributed by atoms with Gasteiger partial charge in [0.1, 0.15) is 0 Å². The first kappa shape index (κ1) is 14.6. The molecule has 21 heavy (non-hydrogen) atoms. The lowest BCUT2D eigenvalue weighted by Crippen LogP contribution is -2.33. The van der Waals surface area contributed by atoms with E-state index in [0.29, 0.717) is 11.3 Å². The van der Waals surface area contributed by atoms with Crippen molar-refractivity contribution in [2.75, 3.05) is 13.6 Å². The number of likely N-dealkylation sites (N-methyl/N-ethyl adjacent to an activating group) is 1. The van der Waals surface area contributed by atoms with E-state index in [1.54, 1.807) is 12.2 Å². The van der Waals surface area contributed by atoms with Gasteiger partial charge in [-0.1, -0.05) is 24.3 Å². The fraction of sp³-hybridized carbons (Fsp3) is 0.200. The minimum absolute atomic E-state index is 0.205. The molecule has 3 amide bonds. The number of amides is 3. The van der Waals surface area contributed by atoms with Crippen molar-refractivity contribution in [2.45, 2.75) is 0 Å². The molecule has 1 aliphatic heterocycles. The molecule has 0 spiro atoms. The summed E-state index contributed by atoms with van der Waals surface area (Å²) in [6.45, 7) is 0.205. The molecule has 0 aromatic rings. The molecular weight excluding hydrogens is 270 g/mol. The Morgan fingerprint density at radius 3 is 2.95 bits per heavy atom. The second kappa shape index (κ2) is 6.60. The Hall–Kier alpha value is -2.76. The molecule has 2 rings (SSSR count). The fourth-order valence-electron chi connectivity index (χ4n) is 1.99. The Morgan fingerprint density at radius 1 is 1.38 bits per heavy atom. The molecule has 2 N–H and O–H groups in total. The third kappa shape index (κ3) is 3.62. The second-order valence-corrected chi connectivity index (χ2v) is 4.42. The van der Waals surface area contributed by atoms with Crippen molar-refractivity contribution in [3.05, 3.63) is 48.1 Å². The van der Waals surface area contributed by atoms with Gasteiger partial charge in [-0.15, -0.1) is 0 Å². The van der Waals surface area contributed by atoms with Crippen molar-refractivity contribution in [1.82, 2.24) is 10.6 Å². The summed E-state index contributed by atoms with van der Waals surface area (Å²) in [6, 6.07) is 0. The highest BCUT2D eigenvalue weighted by Gasteiger charge is 2.27. The molecule has 0 saturated carbocycles. The number of aliphatic imine (C=N–C) groups is 1. The van der Waals surface area contributed by atoms with Crippen molar-refractivity contribution in [1.29, 1.82) is 0 Å². The maximum atomic E-state index is 12.1. The summed E-state index contributed by atoms with van der Waals surface area (Å²) in [5.74, 6) is -1.32. The molecule has 0 saturated heterocycles. The van der Waals surface area contributed by atoms with Gasteiger partial charge in [-0.05, 0) is 6.08 Å². The largest absolute Gasteiger partial charge is 0.356 e. The Balaban J connectivity index is 2.00. The smallest absolute Gasteiger partial charge is 0.270 e. The van der Waals surface area contributed by atoms with Gasteiger partial charge in [0.15, 0.2) is 0 Å². The first-order chi connectivity index (χ1) is 10.1. The summed E-state index contributed by atoms with van der Waals surface area (Å²) in [6.07, 6.45) is 11.2. The number of nitrogens with zero attached hydrogens (tertiary/aromatic N) is 1. The summed E-state index contributed by atoms with van der Waals surface area (Å²) in [7, 11) is 1.52. The monoisotopic (exact) mass is 285 g/mol. The van der Waals surface area contributed by atoms with E-state index in [1.165, 1.54) is 25.3 Å². The van der Waals surface area contributed by atoms with Gasteiger partial charge in [0.05, 0.1) is 11.6 Å². The number of nitrogens with one attached hydrogen (secondary N) is 2. The molecule has 1 aliphatic carbocycles. The molecule has 0 aromatic heterocycles. The molecule has 6 heteroatoms. The van der Waals surface area contributed by atoms with Gasteiger partial charge in [-0.3, -0.25) is 14.4 Å². The van der Waals surface area contributed by atoms with E-state index in [9.17, 15) is 14.4 Å². The van der Waals surface area contributed by atoms with Crippen LogP contribution in [0.25, 0.3) is 0 Å². The summed E-state index contributed by atoms with van der Waals surface area (Å²) in [4.78, 5) is 38.5. The minimum atomic E-state index is -0.438. The quantitative estimate of drug-likeness (QED) is 0.716. The first-order valence-electron chi connectivity index (χ1n) is 6.47. The molecule has 108 valence electrons. The number of rotatable bonds is 4. The predicted octanol–water partition coefficient (Wildman–Crippen LogP) is 0.0546. The van der Waals surface area contributed by atoms with Crippen molar-refractivity contribution < 1.29 is 14.4 Å². The molecule has 1 unspecified atom stereocenters. The highest BCUT2D eigenvalue weighted by molar-refractivity contribution is 6.18. The highest BCUT2D eigenvalue weighted by atomic mass is 16.2. The normalized spacial score (nSPS) is 19.9. The zero-order valence-corrected chi connectivity index (χ0v) is 11.5. The number of hydrogen-bond acceptors (Lipinski definition) is 3. The third-order valence-electron chi connectivity index (χ3n) is 3.01. The average molecular weight is 285 g/mol. The lowest BCUT2D eigenvalue weighted by atomic mass is 9.87. The molecule has 1 heterocycles. The number of dihydropyridines is 1. The Bertz CT molecular complexity index is 624. The van der Waals surface area contributed by atoms with Crippen molar-refractivity contribution >= 4 is 23.4 Å². The minimum Gasteiger partial charge on any atom is -0.356 e. The van der Waals surface area contributed by atoms with Crippen LogP contribution in [-0.2, 0) is 14.4 Å². The SMILES string of the molecule is CNC(=O)/C=C/CNC(=O)C1=CC(=O)N=C2C=CC=CC12. The van der Waals surface area contributed by atoms with Crippen LogP contribution >= 0.6 is 0 Å². The van der Waals surface area contributed by atoms with E-state index < -0.39 is 5.91 Å². The first-order valence-corrected chi connectivity index (χ1v) is 6.47. The molecule has 6 nitrogen and oxygen atoms in total. The molecule has 1 atom stereocenters. The number of carbonyl (C=O) groups excluding carboxylic acids is 3. The van der Waals surface area contributed by atoms with E-state index in [2.05, 4.69) is 15.6 Å². The van der Waals surface area contributed by atoms with Crippen LogP contribution in [0.15, 0.2) is 53.1 Å². The van der Waals surface area contributed by atoms with E-state index in [0.717, 1.165) is 0 Å². The number of hydrogen-bond donors (Lipinski definition) is 2. The second-order valence-electron chi connectivity index (χ2n) is 4.42. The average Bonchev–Trinajstić information content (AvgIpc) is 2.50. The lowest BCUT2D eigenvalue weighted by molar-refractivity contribution is -0.119. The van der Waals surface area contributed by atoms with Gasteiger partial charge in [0.2, 0.25) is 11.8 Å². The van der Waals surface area contributed by atoms with E-state index in [1.807, 2.05) is 12.2 Å². The summed E-state index contributed by atoms with van der Waals surface area (Å²) < 4.78 is 0. The Morgan fingerprint density at radius 2 is 2.19 bits per heavy atom. The van der Waals surface area contributed by atoms with Gasteiger partial charge in [-0.2, -0.15) is 0 Å². The Labute approximate surface area is 122 Å². The van der Waals surface area contributed by atoms with E-state index >= 15 is 0 Å². The number of carbonyl (C=O) groups is 3. The van der Waals surface area contributed by atoms with Gasteiger partial charge < -0.3 is 10.6 Å². The molecule has 0 bridgehead atoms. The third-order valence-corrected chi connectivity index (χ3v) is 3.01. The van der Waals surface area contributed by atoms with Gasteiger partial charge in [0, 0.05) is 31.3 Å². The maximum Gasteiger partial charge on any atom is 0.270 e. The van der Waals surface area contributed by atoms with E-state index in [4.69, 9.17) is 0 Å². The summed E-state index contributed by atoms with van der Waals surface area (Å²) in [5, 5.41) is 5.08. The van der Waals surface area contributed by atoms with Crippen molar-refractivity contribution in [3.8, 4) is 0 Å². The van der Waals surface area contributed by atoms with Crippen LogP contribution in [0, 0.1) is 5.92 Å². The van der Waals surface area contributed by atoms with Gasteiger partial charge in [0.25, 0.3) is 5.91 Å². The van der Waals surface area contributed by atoms with E-state index in [-0.39, 0.29) is 24.3 Å². The zero-order valence-electron chi connectivity index (χ0n) is 11.5. The van der Waals surface area contributed by atoms with Crippen LogP contribution in [-0.4, -0.2) is 37.0 Å². The highest BCUT2D eigenvalue weighted by Crippen LogP contribution is 2.23. The van der Waals surface area contributed by atoms with Crippen molar-refractivity contribution in [2.24, 2.45) is 10.9 Å². The lowest BCUT2D eigenvalue weighted by Gasteiger charge is -2.21. The van der Waals surface area contributed by atoms with Crippen LogP contribution in [0.2, 0.25) is 0 Å². The van der Waals surface area contributed by atoms with Crippen LogP contribution in [0.4, 0.5) is 0 Å². The van der Waals surface area contributed by atoms with Gasteiger partial charge >= 0.3 is 0 Å². The molecular formula is C15H15N3O3. The number of allylic oxidation sites excluding steroid dienone is 4. The topological polar surface area (TPSA) is 87.6 Å². The molecule has 2 aliphatic rings. The van der Waals surface area contributed by atoms with Crippen LogP contribution < -0.4 is 10.6 Å². The zero-order chi connectivity index (χ0) is 15.2.